The quantitative estimate of drug-likeness (QED) is 0.645. The first-order valence-electron chi connectivity index (χ1n) is 7.46. The van der Waals surface area contributed by atoms with Gasteiger partial charge in [-0.2, -0.15) is 0 Å². The third kappa shape index (κ3) is 3.19. The summed E-state index contributed by atoms with van der Waals surface area (Å²) in [7, 11) is 1.32. The SMILES string of the molecule is COC(=O)c1cc(C)sc1NC(=O)c1c(C)nc2c(Br)cc(C)cn12. The van der Waals surface area contributed by atoms with Gasteiger partial charge in [-0.15, -0.1) is 11.3 Å². The number of amides is 1. The van der Waals surface area contributed by atoms with Crippen molar-refractivity contribution in [1.82, 2.24) is 9.38 Å². The molecule has 25 heavy (non-hydrogen) atoms. The molecule has 0 radical (unpaired) electrons. The number of imidazole rings is 1. The number of thiophene rings is 1. The lowest BCUT2D eigenvalue weighted by atomic mass is 10.2. The number of nitrogens with one attached hydrogen (secondary N) is 1. The Morgan fingerprint density at radius 3 is 2.68 bits per heavy atom. The first-order valence-corrected chi connectivity index (χ1v) is 9.07. The smallest absolute Gasteiger partial charge is 0.340 e. The van der Waals surface area contributed by atoms with E-state index in [0.29, 0.717) is 27.6 Å². The van der Waals surface area contributed by atoms with Gasteiger partial charge in [-0.05, 0) is 54.4 Å². The molecule has 1 N–H and O–H groups in total. The summed E-state index contributed by atoms with van der Waals surface area (Å²) < 4.78 is 7.35. The molecule has 3 heterocycles. The molecule has 0 unspecified atom stereocenters. The molecule has 8 heteroatoms. The van der Waals surface area contributed by atoms with Crippen LogP contribution in [0.3, 0.4) is 0 Å². The number of halogens is 1. The molecule has 3 aromatic heterocycles. The number of methoxy groups -OCH3 is 1. The van der Waals surface area contributed by atoms with Crippen LogP contribution < -0.4 is 5.32 Å². The van der Waals surface area contributed by atoms with Gasteiger partial charge in [0.15, 0.2) is 5.65 Å². The predicted octanol–water partition coefficient (Wildman–Crippen LogP) is 4.12. The third-order valence-corrected chi connectivity index (χ3v) is 5.24. The van der Waals surface area contributed by atoms with E-state index in [0.717, 1.165) is 14.9 Å². The maximum Gasteiger partial charge on any atom is 0.340 e. The summed E-state index contributed by atoms with van der Waals surface area (Å²) in [6, 6.07) is 3.65. The second-order valence-corrected chi connectivity index (χ2v) is 7.76. The van der Waals surface area contributed by atoms with Crippen LogP contribution >= 0.6 is 27.3 Å². The molecule has 0 aromatic carbocycles. The highest BCUT2D eigenvalue weighted by Gasteiger charge is 2.22. The lowest BCUT2D eigenvalue weighted by Crippen LogP contribution is -2.17. The van der Waals surface area contributed by atoms with Crippen LogP contribution in [-0.4, -0.2) is 28.4 Å². The van der Waals surface area contributed by atoms with Gasteiger partial charge in [0, 0.05) is 11.1 Å². The van der Waals surface area contributed by atoms with Crippen LogP contribution in [0.5, 0.6) is 0 Å². The van der Waals surface area contributed by atoms with Crippen molar-refractivity contribution in [3.8, 4) is 0 Å². The highest BCUT2D eigenvalue weighted by molar-refractivity contribution is 9.10. The molecule has 0 aliphatic carbocycles. The lowest BCUT2D eigenvalue weighted by Gasteiger charge is -2.07. The fraction of sp³-hybridized carbons (Fsp3) is 0.235. The molecule has 0 saturated carbocycles. The van der Waals surface area contributed by atoms with E-state index in [1.807, 2.05) is 26.1 Å². The van der Waals surface area contributed by atoms with Gasteiger partial charge >= 0.3 is 5.97 Å². The molecule has 0 atom stereocenters. The number of nitrogens with zero attached hydrogens (tertiary/aromatic N) is 2. The number of hydrogen-bond donors (Lipinski definition) is 1. The van der Waals surface area contributed by atoms with Crippen LogP contribution in [0.25, 0.3) is 5.65 Å². The molecule has 6 nitrogen and oxygen atoms in total. The Morgan fingerprint density at radius 1 is 1.28 bits per heavy atom. The van der Waals surface area contributed by atoms with E-state index >= 15 is 0 Å². The van der Waals surface area contributed by atoms with E-state index in [2.05, 4.69) is 26.2 Å². The fourth-order valence-electron chi connectivity index (χ4n) is 2.65. The largest absolute Gasteiger partial charge is 0.465 e. The number of aryl methyl sites for hydroxylation is 3. The molecule has 0 fully saturated rings. The summed E-state index contributed by atoms with van der Waals surface area (Å²) in [5, 5.41) is 3.29. The summed E-state index contributed by atoms with van der Waals surface area (Å²) in [5.41, 5.74) is 3.05. The Balaban J connectivity index is 2.05. The minimum Gasteiger partial charge on any atom is -0.465 e. The number of carbonyl (C=O) groups excluding carboxylic acids is 2. The third-order valence-electron chi connectivity index (χ3n) is 3.69. The van der Waals surface area contributed by atoms with Gasteiger partial charge in [0.2, 0.25) is 0 Å². The number of hydrogen-bond acceptors (Lipinski definition) is 5. The van der Waals surface area contributed by atoms with Crippen molar-refractivity contribution in [2.45, 2.75) is 20.8 Å². The first-order chi connectivity index (χ1) is 11.8. The van der Waals surface area contributed by atoms with Crippen LogP contribution in [0.2, 0.25) is 0 Å². The zero-order valence-electron chi connectivity index (χ0n) is 14.1. The molecule has 0 aliphatic rings. The topological polar surface area (TPSA) is 72.7 Å². The van der Waals surface area contributed by atoms with Crippen LogP contribution in [0.1, 0.15) is 37.0 Å². The van der Waals surface area contributed by atoms with Crippen LogP contribution in [0.15, 0.2) is 22.8 Å². The van der Waals surface area contributed by atoms with Crippen LogP contribution in [0.4, 0.5) is 5.00 Å². The van der Waals surface area contributed by atoms with E-state index in [1.54, 1.807) is 17.4 Å². The Bertz CT molecular complexity index is 1010. The Kier molecular flexibility index (Phi) is 4.66. The molecule has 1 amide bonds. The number of rotatable bonds is 3. The maximum atomic E-state index is 12.9. The molecule has 0 spiro atoms. The van der Waals surface area contributed by atoms with Gasteiger partial charge in [-0.1, -0.05) is 0 Å². The van der Waals surface area contributed by atoms with E-state index in [4.69, 9.17) is 4.74 Å². The molecule has 3 aromatic rings. The number of aromatic nitrogens is 2. The number of pyridine rings is 1. The standard InChI is InChI=1S/C17H16BrN3O3S/c1-8-5-12(18)14-19-10(3)13(21(14)7-8)15(22)20-16-11(17(23)24-4)6-9(2)25-16/h5-7H,1-4H3,(H,20,22). The normalized spacial score (nSPS) is 10.9. The van der Waals surface area contributed by atoms with Crippen molar-refractivity contribution in [2.24, 2.45) is 0 Å². The number of anilines is 1. The van der Waals surface area contributed by atoms with Crippen molar-refractivity contribution in [3.63, 3.8) is 0 Å². The van der Waals surface area contributed by atoms with Crippen molar-refractivity contribution < 1.29 is 14.3 Å². The summed E-state index contributed by atoms with van der Waals surface area (Å²) in [6.07, 6.45) is 1.86. The molecule has 0 aliphatic heterocycles. The summed E-state index contributed by atoms with van der Waals surface area (Å²) in [6.45, 7) is 5.59. The number of carbonyl (C=O) groups is 2. The van der Waals surface area contributed by atoms with Gasteiger partial charge in [0.1, 0.15) is 10.7 Å². The average molecular weight is 422 g/mol. The fourth-order valence-corrected chi connectivity index (χ4v) is 4.19. The molecular weight excluding hydrogens is 406 g/mol. The van der Waals surface area contributed by atoms with E-state index in [1.165, 1.54) is 18.4 Å². The number of fused-ring (bicyclic) bond motifs is 1. The van der Waals surface area contributed by atoms with Gasteiger partial charge in [-0.3, -0.25) is 9.20 Å². The van der Waals surface area contributed by atoms with Crippen LogP contribution in [0, 0.1) is 20.8 Å². The van der Waals surface area contributed by atoms with Crippen molar-refractivity contribution in [1.29, 1.82) is 0 Å². The second kappa shape index (κ2) is 6.61. The lowest BCUT2D eigenvalue weighted by molar-refractivity contribution is 0.0602. The van der Waals surface area contributed by atoms with Crippen LogP contribution in [-0.2, 0) is 4.74 Å². The van der Waals surface area contributed by atoms with Crippen molar-refractivity contribution in [3.05, 3.63) is 50.2 Å². The van der Waals surface area contributed by atoms with Gasteiger partial charge in [-0.25, -0.2) is 9.78 Å². The molecule has 3 rings (SSSR count). The Labute approximate surface area is 157 Å². The minimum atomic E-state index is -0.479. The van der Waals surface area contributed by atoms with Gasteiger partial charge in [0.05, 0.1) is 22.8 Å². The summed E-state index contributed by atoms with van der Waals surface area (Å²) in [4.78, 5) is 30.1. The molecule has 0 saturated heterocycles. The highest BCUT2D eigenvalue weighted by atomic mass is 79.9. The maximum absolute atomic E-state index is 12.9. The average Bonchev–Trinajstić information content (AvgIpc) is 3.06. The van der Waals surface area contributed by atoms with E-state index in [9.17, 15) is 9.59 Å². The summed E-state index contributed by atoms with van der Waals surface area (Å²) in [5.74, 6) is -0.803. The summed E-state index contributed by atoms with van der Waals surface area (Å²) >= 11 is 4.81. The van der Waals surface area contributed by atoms with Crippen molar-refractivity contribution >= 4 is 49.8 Å². The highest BCUT2D eigenvalue weighted by Crippen LogP contribution is 2.29. The van der Waals surface area contributed by atoms with E-state index < -0.39 is 5.97 Å². The number of esters is 1. The van der Waals surface area contributed by atoms with E-state index in [-0.39, 0.29) is 5.91 Å². The molecule has 0 bridgehead atoms. The van der Waals surface area contributed by atoms with Gasteiger partial charge in [0.25, 0.3) is 5.91 Å². The van der Waals surface area contributed by atoms with Crippen molar-refractivity contribution in [2.75, 3.05) is 12.4 Å². The predicted molar refractivity (Wildman–Crippen MR) is 101 cm³/mol. The zero-order valence-corrected chi connectivity index (χ0v) is 16.5. The monoisotopic (exact) mass is 421 g/mol. The zero-order chi connectivity index (χ0) is 18.3. The van der Waals surface area contributed by atoms with Gasteiger partial charge < -0.3 is 10.1 Å². The Hall–Kier alpha value is -2.19. The first kappa shape index (κ1) is 17.6. The minimum absolute atomic E-state index is 0.325. The molecular formula is C17H16BrN3O3S. The molecule has 130 valence electrons. The number of ether oxygens (including phenoxy) is 1. The Morgan fingerprint density at radius 2 is 2.00 bits per heavy atom. The second-order valence-electron chi connectivity index (χ2n) is 5.65.